The van der Waals surface area contributed by atoms with Gasteiger partial charge in [0.2, 0.25) is 10.0 Å². The molecule has 1 heterocycles. The quantitative estimate of drug-likeness (QED) is 0.708. The lowest BCUT2D eigenvalue weighted by Crippen LogP contribution is -2.45. The Kier molecular flexibility index (Phi) is 5.85. The molecule has 1 saturated heterocycles. The van der Waals surface area contributed by atoms with E-state index in [1.165, 1.54) is 0 Å². The average molecular weight is 263 g/mol. The molecule has 1 aliphatic rings. The number of likely N-dealkylation sites (tertiary alicyclic amines) is 1. The highest BCUT2D eigenvalue weighted by Gasteiger charge is 2.21. The summed E-state index contributed by atoms with van der Waals surface area (Å²) in [7, 11) is -1.06. The van der Waals surface area contributed by atoms with Crippen LogP contribution in [0.1, 0.15) is 26.7 Å². The lowest BCUT2D eigenvalue weighted by Gasteiger charge is -2.29. The van der Waals surface area contributed by atoms with Crippen LogP contribution >= 0.6 is 0 Å². The summed E-state index contributed by atoms with van der Waals surface area (Å²) >= 11 is 0. The molecule has 0 aromatic heterocycles. The van der Waals surface area contributed by atoms with Gasteiger partial charge >= 0.3 is 0 Å². The second-order valence-corrected chi connectivity index (χ2v) is 7.00. The zero-order valence-electron chi connectivity index (χ0n) is 11.1. The summed E-state index contributed by atoms with van der Waals surface area (Å²) in [5.74, 6) is 0.164. The summed E-state index contributed by atoms with van der Waals surface area (Å²) < 4.78 is 26.4. The maximum absolute atomic E-state index is 11.8. The molecule has 102 valence electrons. The van der Waals surface area contributed by atoms with E-state index in [0.717, 1.165) is 25.9 Å². The molecule has 1 aliphatic heterocycles. The number of piperidine rings is 1. The van der Waals surface area contributed by atoms with Crippen LogP contribution in [0.5, 0.6) is 0 Å². The molecule has 6 heteroatoms. The number of nitrogens with zero attached hydrogens (tertiary/aromatic N) is 1. The Labute approximate surface area is 105 Å². The molecule has 2 N–H and O–H groups in total. The second kappa shape index (κ2) is 6.68. The van der Waals surface area contributed by atoms with E-state index in [-0.39, 0.29) is 11.8 Å². The van der Waals surface area contributed by atoms with Crippen molar-refractivity contribution >= 4 is 10.0 Å². The highest BCUT2D eigenvalue weighted by molar-refractivity contribution is 7.89. The first-order valence-corrected chi connectivity index (χ1v) is 7.96. The van der Waals surface area contributed by atoms with E-state index in [9.17, 15) is 8.42 Å². The molecule has 17 heavy (non-hydrogen) atoms. The Balaban J connectivity index is 2.28. The average Bonchev–Trinajstić information content (AvgIpc) is 2.20. The summed E-state index contributed by atoms with van der Waals surface area (Å²) in [5.41, 5.74) is 0. The van der Waals surface area contributed by atoms with Gasteiger partial charge in [-0.3, -0.25) is 0 Å². The van der Waals surface area contributed by atoms with Crippen LogP contribution in [0.4, 0.5) is 0 Å². The lowest BCUT2D eigenvalue weighted by atomic mass is 10.1. The van der Waals surface area contributed by atoms with Gasteiger partial charge in [0, 0.05) is 18.6 Å². The Morgan fingerprint density at radius 1 is 1.29 bits per heavy atom. The Morgan fingerprint density at radius 3 is 2.41 bits per heavy atom. The number of nitrogens with one attached hydrogen (secondary N) is 2. The molecule has 0 aromatic carbocycles. The van der Waals surface area contributed by atoms with Gasteiger partial charge in [0.1, 0.15) is 0 Å². The zero-order valence-corrected chi connectivity index (χ0v) is 11.9. The molecular weight excluding hydrogens is 238 g/mol. The van der Waals surface area contributed by atoms with Gasteiger partial charge in [-0.1, -0.05) is 13.8 Å². The van der Waals surface area contributed by atoms with Crippen LogP contribution in [0, 0.1) is 0 Å². The second-order valence-electron chi connectivity index (χ2n) is 5.12. The fourth-order valence-electron chi connectivity index (χ4n) is 1.92. The van der Waals surface area contributed by atoms with Gasteiger partial charge < -0.3 is 10.2 Å². The zero-order chi connectivity index (χ0) is 12.9. The highest BCUT2D eigenvalue weighted by Crippen LogP contribution is 2.09. The monoisotopic (exact) mass is 263 g/mol. The molecule has 0 spiro atoms. The van der Waals surface area contributed by atoms with Crippen molar-refractivity contribution in [1.29, 1.82) is 0 Å². The third kappa shape index (κ3) is 6.35. The normalized spacial score (nSPS) is 20.0. The molecule has 0 aromatic rings. The largest absolute Gasteiger partial charge is 0.313 e. The third-order valence-corrected chi connectivity index (χ3v) is 4.42. The molecule has 0 atom stereocenters. The van der Waals surface area contributed by atoms with E-state index in [4.69, 9.17) is 0 Å². The Bertz CT molecular complexity index is 309. The smallest absolute Gasteiger partial charge is 0.213 e. The minimum atomic E-state index is -3.13. The van der Waals surface area contributed by atoms with Gasteiger partial charge in [0.05, 0.1) is 5.75 Å². The van der Waals surface area contributed by atoms with Crippen molar-refractivity contribution in [2.75, 3.05) is 32.4 Å². The fraction of sp³-hybridized carbons (Fsp3) is 1.00. The third-order valence-electron chi connectivity index (χ3n) is 2.99. The van der Waals surface area contributed by atoms with E-state index in [0.29, 0.717) is 12.6 Å². The van der Waals surface area contributed by atoms with Crippen LogP contribution in [0.2, 0.25) is 0 Å². The van der Waals surface area contributed by atoms with Gasteiger partial charge in [-0.25, -0.2) is 13.1 Å². The van der Waals surface area contributed by atoms with Crippen molar-refractivity contribution in [3.05, 3.63) is 0 Å². The minimum absolute atomic E-state index is 0.121. The fourth-order valence-corrected chi connectivity index (χ4v) is 3.17. The van der Waals surface area contributed by atoms with Gasteiger partial charge in [-0.05, 0) is 33.0 Å². The first-order valence-electron chi connectivity index (χ1n) is 6.31. The topological polar surface area (TPSA) is 61.4 Å². The van der Waals surface area contributed by atoms with Crippen molar-refractivity contribution in [3.8, 4) is 0 Å². The maximum Gasteiger partial charge on any atom is 0.213 e. The summed E-state index contributed by atoms with van der Waals surface area (Å²) in [6.45, 7) is 6.47. The number of hydrogen-bond acceptors (Lipinski definition) is 4. The molecule has 1 fully saturated rings. The predicted octanol–water partition coefficient (Wildman–Crippen LogP) is -0.00200. The first-order chi connectivity index (χ1) is 7.89. The van der Waals surface area contributed by atoms with E-state index in [1.54, 1.807) is 0 Å². The van der Waals surface area contributed by atoms with Crippen LogP contribution < -0.4 is 10.0 Å². The summed E-state index contributed by atoms with van der Waals surface area (Å²) in [6.07, 6.45) is 1.82. The van der Waals surface area contributed by atoms with E-state index >= 15 is 0 Å². The number of hydrogen-bond donors (Lipinski definition) is 2. The highest BCUT2D eigenvalue weighted by atomic mass is 32.2. The van der Waals surface area contributed by atoms with Crippen molar-refractivity contribution in [1.82, 2.24) is 14.9 Å². The molecule has 5 nitrogen and oxygen atoms in total. The van der Waals surface area contributed by atoms with Gasteiger partial charge in [-0.2, -0.15) is 0 Å². The molecular formula is C11H25N3O2S. The molecule has 0 bridgehead atoms. The van der Waals surface area contributed by atoms with Gasteiger partial charge in [0.25, 0.3) is 0 Å². The van der Waals surface area contributed by atoms with E-state index in [2.05, 4.69) is 22.0 Å². The lowest BCUT2D eigenvalue weighted by molar-refractivity contribution is 0.248. The Morgan fingerprint density at radius 2 is 1.88 bits per heavy atom. The molecule has 0 aliphatic carbocycles. The molecule has 0 radical (unpaired) electrons. The summed E-state index contributed by atoms with van der Waals surface area (Å²) in [4.78, 5) is 2.23. The Hall–Kier alpha value is -0.170. The maximum atomic E-state index is 11.8. The molecule has 0 saturated carbocycles. The van der Waals surface area contributed by atoms with Crippen molar-refractivity contribution < 1.29 is 8.42 Å². The van der Waals surface area contributed by atoms with Crippen LogP contribution in [0.15, 0.2) is 0 Å². The SMILES string of the molecule is CC(C)NCCS(=O)(=O)NC1CCN(C)CC1. The summed E-state index contributed by atoms with van der Waals surface area (Å²) in [5, 5.41) is 3.12. The number of rotatable bonds is 6. The first kappa shape index (κ1) is 14.9. The van der Waals surface area contributed by atoms with Crippen molar-refractivity contribution in [2.24, 2.45) is 0 Å². The predicted molar refractivity (Wildman–Crippen MR) is 70.6 cm³/mol. The van der Waals surface area contributed by atoms with Crippen molar-refractivity contribution in [2.45, 2.75) is 38.8 Å². The standard InChI is InChI=1S/C11H25N3O2S/c1-10(2)12-6-9-17(15,16)13-11-4-7-14(3)8-5-11/h10-13H,4-9H2,1-3H3. The molecule has 0 amide bonds. The van der Waals surface area contributed by atoms with Crippen LogP contribution in [0.25, 0.3) is 0 Å². The van der Waals surface area contributed by atoms with Gasteiger partial charge in [-0.15, -0.1) is 0 Å². The van der Waals surface area contributed by atoms with Crippen LogP contribution in [0.3, 0.4) is 0 Å². The van der Waals surface area contributed by atoms with E-state index in [1.807, 2.05) is 13.8 Å². The van der Waals surface area contributed by atoms with Crippen molar-refractivity contribution in [3.63, 3.8) is 0 Å². The van der Waals surface area contributed by atoms with Crippen LogP contribution in [-0.2, 0) is 10.0 Å². The van der Waals surface area contributed by atoms with Crippen LogP contribution in [-0.4, -0.2) is 57.8 Å². The molecule has 1 rings (SSSR count). The summed E-state index contributed by atoms with van der Waals surface area (Å²) in [6, 6.07) is 0.448. The van der Waals surface area contributed by atoms with E-state index < -0.39 is 10.0 Å². The van der Waals surface area contributed by atoms with Gasteiger partial charge in [0.15, 0.2) is 0 Å². The minimum Gasteiger partial charge on any atom is -0.313 e. The number of sulfonamides is 1. The molecule has 0 unspecified atom stereocenters.